The molecule has 0 heterocycles. The van der Waals surface area contributed by atoms with Crippen LogP contribution in [0.2, 0.25) is 0 Å². The van der Waals surface area contributed by atoms with E-state index in [0.717, 1.165) is 180 Å². The summed E-state index contributed by atoms with van der Waals surface area (Å²) < 4.78 is 68.2. The van der Waals surface area contributed by atoms with Gasteiger partial charge in [0.15, 0.2) is 12.2 Å². The van der Waals surface area contributed by atoms with Crippen molar-refractivity contribution in [3.63, 3.8) is 0 Å². The third-order valence-electron chi connectivity index (χ3n) is 15.1. The Labute approximate surface area is 558 Å². The van der Waals surface area contributed by atoms with Gasteiger partial charge in [0.1, 0.15) is 19.3 Å². The highest BCUT2D eigenvalue weighted by atomic mass is 31.2. The Morgan fingerprint density at radius 3 is 0.957 bits per heavy atom. The first-order valence-electron chi connectivity index (χ1n) is 36.2. The molecule has 92 heavy (non-hydrogen) atoms. The van der Waals surface area contributed by atoms with Gasteiger partial charge in [0.05, 0.1) is 26.4 Å². The van der Waals surface area contributed by atoms with E-state index >= 15 is 0 Å². The number of hydrogen-bond donors (Lipinski definition) is 3. The first kappa shape index (κ1) is 88.5. The summed E-state index contributed by atoms with van der Waals surface area (Å²) in [6, 6.07) is 0. The molecule has 0 aromatic carbocycles. The van der Waals surface area contributed by atoms with Gasteiger partial charge in [-0.1, -0.05) is 255 Å². The Kier molecular flexibility index (Phi) is 63.6. The number of carbonyl (C=O) groups is 4. The number of aliphatic hydroxyl groups excluding tert-OH is 1. The Bertz CT molecular complexity index is 2040. The molecule has 0 saturated heterocycles. The van der Waals surface area contributed by atoms with Gasteiger partial charge >= 0.3 is 39.5 Å². The molecule has 0 aromatic heterocycles. The number of hydrogen-bond acceptors (Lipinski definition) is 15. The minimum atomic E-state index is -4.97. The molecule has 3 N–H and O–H groups in total. The van der Waals surface area contributed by atoms with E-state index in [4.69, 9.17) is 37.0 Å². The van der Waals surface area contributed by atoms with Crippen LogP contribution in [0.15, 0.2) is 72.9 Å². The number of phosphoric ester groups is 2. The van der Waals surface area contributed by atoms with E-state index < -0.39 is 97.5 Å². The van der Waals surface area contributed by atoms with Gasteiger partial charge in [0.25, 0.3) is 0 Å². The molecule has 0 aromatic rings. The summed E-state index contributed by atoms with van der Waals surface area (Å²) in [7, 11) is -9.93. The molecule has 0 aliphatic rings. The summed E-state index contributed by atoms with van der Waals surface area (Å²) in [4.78, 5) is 72.6. The standard InChI is InChI=1S/C73H130O17P2/c1-5-9-13-17-21-25-29-31-32-33-34-36-40-42-46-50-54-58-71(76)84-64-69(90-73(78)60-56-52-48-44-38-28-24-20-16-12-8-4)66-88-92(81,82)86-62-67(74)61-85-91(79,80)87-65-68(89-72(77)59-55-51-47-43-37-27-23-19-15-11-7-3)63-83-70(75)57-53-49-45-41-39-35-30-26-22-18-14-10-6-2/h9,13-14,18-19,21,23,25-26,30-32,67-69,74H,5-8,10-12,15-17,20,22,24,27-29,33-66H2,1-4H3,(H,79,80)(H,81,82)/b13-9-,18-14-,23-19-,25-21-,30-26-,32-31-. The second kappa shape index (κ2) is 66.1. The summed E-state index contributed by atoms with van der Waals surface area (Å²) >= 11 is 0. The number of rotatable bonds is 68. The number of allylic oxidation sites excluding steroid dienone is 12. The first-order valence-corrected chi connectivity index (χ1v) is 39.2. The number of unbranched alkanes of at least 4 members (excludes halogenated alkanes) is 30. The van der Waals surface area contributed by atoms with Crippen LogP contribution in [0.1, 0.15) is 310 Å². The van der Waals surface area contributed by atoms with Gasteiger partial charge < -0.3 is 33.8 Å². The van der Waals surface area contributed by atoms with Gasteiger partial charge in [-0.2, -0.15) is 0 Å². The van der Waals surface area contributed by atoms with Crippen molar-refractivity contribution in [2.75, 3.05) is 39.6 Å². The molecule has 0 aliphatic carbocycles. The molecular formula is C73H130O17P2. The van der Waals surface area contributed by atoms with Crippen LogP contribution in [-0.4, -0.2) is 96.7 Å². The van der Waals surface area contributed by atoms with Crippen molar-refractivity contribution in [1.82, 2.24) is 0 Å². The molecule has 0 rings (SSSR count). The minimum Gasteiger partial charge on any atom is -0.462 e. The molecule has 534 valence electrons. The summed E-state index contributed by atoms with van der Waals surface area (Å²) in [6.07, 6.45) is 63.4. The van der Waals surface area contributed by atoms with Gasteiger partial charge in [-0.25, -0.2) is 9.13 Å². The maximum atomic E-state index is 13.0. The predicted octanol–water partition coefficient (Wildman–Crippen LogP) is 20.1. The zero-order chi connectivity index (χ0) is 67.5. The number of carbonyl (C=O) groups excluding carboxylic acids is 4. The van der Waals surface area contributed by atoms with Crippen molar-refractivity contribution in [3.05, 3.63) is 72.9 Å². The highest BCUT2D eigenvalue weighted by Gasteiger charge is 2.30. The number of esters is 4. The fourth-order valence-corrected chi connectivity index (χ4v) is 11.2. The van der Waals surface area contributed by atoms with E-state index in [0.29, 0.717) is 25.7 Å². The van der Waals surface area contributed by atoms with Gasteiger partial charge in [-0.15, -0.1) is 0 Å². The van der Waals surface area contributed by atoms with Crippen LogP contribution in [0.25, 0.3) is 0 Å². The second-order valence-electron chi connectivity index (χ2n) is 24.2. The zero-order valence-corrected chi connectivity index (χ0v) is 59.8. The SMILES string of the molecule is CC/C=C\C/C=C\C/C=C\CCCCCCCCCC(=O)OCC(COP(=O)(O)OCC(O)COP(=O)(O)OCC(COC(=O)CCCCCCC/C=C\C/C=C\CCC)OC(=O)CCCCCCC/C=C\CCCC)OC(=O)CCCCCCCCCCCCC. The van der Waals surface area contributed by atoms with E-state index in [1.54, 1.807) is 0 Å². The quantitative estimate of drug-likeness (QED) is 0.0169. The number of phosphoric acid groups is 2. The van der Waals surface area contributed by atoms with Crippen molar-refractivity contribution in [1.29, 1.82) is 0 Å². The minimum absolute atomic E-state index is 0.0839. The van der Waals surface area contributed by atoms with Gasteiger partial charge in [0.2, 0.25) is 0 Å². The lowest BCUT2D eigenvalue weighted by molar-refractivity contribution is -0.161. The van der Waals surface area contributed by atoms with Gasteiger partial charge in [-0.05, 0) is 103 Å². The lowest BCUT2D eigenvalue weighted by Gasteiger charge is -2.21. The molecule has 0 saturated carbocycles. The van der Waals surface area contributed by atoms with Crippen LogP contribution in [0.5, 0.6) is 0 Å². The highest BCUT2D eigenvalue weighted by molar-refractivity contribution is 7.47. The second-order valence-corrected chi connectivity index (χ2v) is 27.1. The van der Waals surface area contributed by atoms with Crippen molar-refractivity contribution in [3.8, 4) is 0 Å². The first-order chi connectivity index (χ1) is 44.7. The van der Waals surface area contributed by atoms with Gasteiger partial charge in [0, 0.05) is 25.7 Å². The molecule has 0 radical (unpaired) electrons. The smallest absolute Gasteiger partial charge is 0.462 e. The fourth-order valence-electron chi connectivity index (χ4n) is 9.61. The summed E-state index contributed by atoms with van der Waals surface area (Å²) in [6.45, 7) is 4.63. The lowest BCUT2D eigenvalue weighted by Crippen LogP contribution is -2.30. The summed E-state index contributed by atoms with van der Waals surface area (Å²) in [5.41, 5.74) is 0. The van der Waals surface area contributed by atoms with Crippen molar-refractivity contribution < 1.29 is 80.2 Å². The lowest BCUT2D eigenvalue weighted by atomic mass is 10.1. The van der Waals surface area contributed by atoms with Crippen molar-refractivity contribution in [2.45, 2.75) is 329 Å². The largest absolute Gasteiger partial charge is 0.472 e. The van der Waals surface area contributed by atoms with Crippen LogP contribution in [-0.2, 0) is 65.4 Å². The summed E-state index contributed by atoms with van der Waals surface area (Å²) in [5.74, 6) is -2.19. The molecule has 0 aliphatic heterocycles. The topological polar surface area (TPSA) is 237 Å². The Hall–Kier alpha value is -3.50. The van der Waals surface area contributed by atoms with E-state index in [9.17, 15) is 43.2 Å². The Balaban J connectivity index is 5.28. The molecule has 0 fully saturated rings. The Morgan fingerprint density at radius 2 is 0.598 bits per heavy atom. The van der Waals surface area contributed by atoms with E-state index in [1.165, 1.54) is 51.4 Å². The summed E-state index contributed by atoms with van der Waals surface area (Å²) in [5, 5.41) is 10.6. The number of aliphatic hydroxyl groups is 1. The molecule has 0 bridgehead atoms. The third kappa shape index (κ3) is 65.2. The van der Waals surface area contributed by atoms with Crippen LogP contribution in [0.3, 0.4) is 0 Å². The monoisotopic (exact) mass is 1340 g/mol. The molecule has 5 unspecified atom stereocenters. The van der Waals surface area contributed by atoms with Crippen LogP contribution in [0.4, 0.5) is 0 Å². The highest BCUT2D eigenvalue weighted by Crippen LogP contribution is 2.45. The molecule has 0 spiro atoms. The van der Waals surface area contributed by atoms with E-state index in [2.05, 4.69) is 101 Å². The van der Waals surface area contributed by atoms with E-state index in [1.807, 2.05) is 0 Å². The molecule has 0 amide bonds. The van der Waals surface area contributed by atoms with Crippen LogP contribution in [0, 0.1) is 0 Å². The van der Waals surface area contributed by atoms with Crippen molar-refractivity contribution in [2.24, 2.45) is 0 Å². The van der Waals surface area contributed by atoms with Crippen LogP contribution >= 0.6 is 15.6 Å². The molecule has 5 atom stereocenters. The fraction of sp³-hybridized carbons (Fsp3) is 0.781. The zero-order valence-electron chi connectivity index (χ0n) is 58.0. The van der Waals surface area contributed by atoms with E-state index in [-0.39, 0.29) is 25.7 Å². The molecular weight excluding hydrogens is 1210 g/mol. The molecule has 17 nitrogen and oxygen atoms in total. The average Bonchev–Trinajstić information content (AvgIpc) is 2.31. The van der Waals surface area contributed by atoms with Crippen LogP contribution < -0.4 is 0 Å². The maximum absolute atomic E-state index is 13.0. The average molecular weight is 1340 g/mol. The third-order valence-corrected chi connectivity index (χ3v) is 17.0. The Morgan fingerprint density at radius 1 is 0.315 bits per heavy atom. The predicted molar refractivity (Wildman–Crippen MR) is 372 cm³/mol. The molecule has 19 heteroatoms. The van der Waals surface area contributed by atoms with Gasteiger partial charge in [-0.3, -0.25) is 37.3 Å². The van der Waals surface area contributed by atoms with Crippen molar-refractivity contribution >= 4 is 39.5 Å². The number of ether oxygens (including phenoxy) is 4. The maximum Gasteiger partial charge on any atom is 0.472 e. The normalized spacial score (nSPS) is 14.5.